The van der Waals surface area contributed by atoms with Crippen LogP contribution in [0.1, 0.15) is 192 Å². The van der Waals surface area contributed by atoms with E-state index < -0.39 is 0 Å². The lowest BCUT2D eigenvalue weighted by Crippen LogP contribution is -1.86. The number of rotatable bonds is 4. The van der Waals surface area contributed by atoms with E-state index in [2.05, 4.69) is 90.0 Å². The zero-order valence-electron chi connectivity index (χ0n) is 44.1. The lowest BCUT2D eigenvalue weighted by Gasteiger charge is -2.00. The minimum absolute atomic E-state index is 0.247. The Labute approximate surface area is 386 Å². The molecule has 0 radical (unpaired) electrons. The van der Waals surface area contributed by atoms with E-state index in [-0.39, 0.29) is 11.7 Å². The molecule has 64 heavy (non-hydrogen) atoms. The summed E-state index contributed by atoms with van der Waals surface area (Å²) in [4.78, 5) is 0. The average molecular weight is 887 g/mol. The first-order chi connectivity index (χ1) is 29.6. The van der Waals surface area contributed by atoms with Gasteiger partial charge in [0.05, 0.1) is 37.6 Å². The van der Waals surface area contributed by atoms with Gasteiger partial charge in [-0.25, -0.2) is 4.39 Å². The molecule has 7 heterocycles. The van der Waals surface area contributed by atoms with E-state index in [1.165, 1.54) is 66.8 Å². The predicted octanol–water partition coefficient (Wildman–Crippen LogP) is 18.5. The van der Waals surface area contributed by atoms with Gasteiger partial charge >= 0.3 is 0 Å². The average Bonchev–Trinajstić information content (AvgIpc) is 4.11. The van der Waals surface area contributed by atoms with Crippen LogP contribution in [0.5, 0.6) is 0 Å². The summed E-state index contributed by atoms with van der Waals surface area (Å²) >= 11 is 0. The van der Waals surface area contributed by atoms with Crippen molar-refractivity contribution in [3.8, 4) is 0 Å². The summed E-state index contributed by atoms with van der Waals surface area (Å²) in [5.74, 6) is 8.74. The van der Waals surface area contributed by atoms with Crippen LogP contribution in [0.2, 0.25) is 0 Å². The van der Waals surface area contributed by atoms with Gasteiger partial charge in [-0.2, -0.15) is 0 Å². The molecule has 7 nitrogen and oxygen atoms in total. The van der Waals surface area contributed by atoms with Crippen molar-refractivity contribution in [2.24, 2.45) is 0 Å². The highest BCUT2D eigenvalue weighted by molar-refractivity contribution is 5.30. The fraction of sp³-hybridized carbons (Fsp3) is 0.500. The fourth-order valence-electron chi connectivity index (χ4n) is 6.17. The summed E-state index contributed by atoms with van der Waals surface area (Å²) in [6.45, 7) is 49.3. The maximum atomic E-state index is 12.6. The summed E-state index contributed by atoms with van der Waals surface area (Å²) in [6, 6.07) is 0. The van der Waals surface area contributed by atoms with Gasteiger partial charge in [0.25, 0.3) is 0 Å². The van der Waals surface area contributed by atoms with Crippen molar-refractivity contribution >= 4 is 0 Å². The highest BCUT2D eigenvalue weighted by Gasteiger charge is 2.12. The van der Waals surface area contributed by atoms with Crippen LogP contribution in [0.15, 0.2) is 74.8 Å². The van der Waals surface area contributed by atoms with Gasteiger partial charge in [-0.15, -0.1) is 0 Å². The lowest BCUT2D eigenvalue weighted by atomic mass is 10.0. The maximum absolute atomic E-state index is 12.6. The number of hydrogen-bond donors (Lipinski definition) is 0. The smallest absolute Gasteiger partial charge is 0.164 e. The molecule has 7 aromatic heterocycles. The number of furan rings is 7. The third-order valence-electron chi connectivity index (χ3n) is 11.9. The molecule has 7 aromatic rings. The topological polar surface area (TPSA) is 92.0 Å². The molecule has 0 saturated carbocycles. The first kappa shape index (κ1) is 56.9. The van der Waals surface area contributed by atoms with Crippen LogP contribution >= 0.6 is 0 Å². The van der Waals surface area contributed by atoms with Crippen molar-refractivity contribution in [3.05, 3.63) is 162 Å². The monoisotopic (exact) mass is 887 g/mol. The second kappa shape index (κ2) is 26.6. The molecule has 356 valence electrons. The molecule has 7 rings (SSSR count). The summed E-state index contributed by atoms with van der Waals surface area (Å²) in [6.07, 6.45) is 12.0. The molecule has 0 aliphatic carbocycles. The van der Waals surface area contributed by atoms with Gasteiger partial charge in [0, 0.05) is 17.4 Å². The molecule has 0 bridgehead atoms. The maximum Gasteiger partial charge on any atom is 0.164 e. The van der Waals surface area contributed by atoms with E-state index in [0.29, 0.717) is 23.3 Å². The lowest BCUT2D eigenvalue weighted by molar-refractivity contribution is 0.474. The fourth-order valence-corrected chi connectivity index (χ4v) is 6.17. The molecular weight excluding hydrogens is 804 g/mol. The Morgan fingerprint density at radius 3 is 0.641 bits per heavy atom. The molecule has 0 unspecified atom stereocenters. The van der Waals surface area contributed by atoms with Crippen molar-refractivity contribution in [3.63, 3.8) is 0 Å². The van der Waals surface area contributed by atoms with Crippen molar-refractivity contribution in [2.75, 3.05) is 0 Å². The largest absolute Gasteiger partial charge is 0.469 e. The molecule has 0 aliphatic heterocycles. The van der Waals surface area contributed by atoms with Crippen LogP contribution in [-0.4, -0.2) is 0 Å². The Bertz CT molecular complexity index is 2020. The molecule has 0 amide bonds. The van der Waals surface area contributed by atoms with Crippen molar-refractivity contribution < 1.29 is 35.3 Å². The first-order valence-corrected chi connectivity index (χ1v) is 22.6. The predicted molar refractivity (Wildman–Crippen MR) is 263 cm³/mol. The second-order valence-electron chi connectivity index (χ2n) is 18.1. The molecule has 0 spiro atoms. The van der Waals surface area contributed by atoms with Crippen LogP contribution in [-0.2, 0) is 0 Å². The summed E-state index contributed by atoms with van der Waals surface area (Å²) in [5.41, 5.74) is 16.0. The van der Waals surface area contributed by atoms with E-state index in [1.54, 1.807) is 25.7 Å². The van der Waals surface area contributed by atoms with E-state index >= 15 is 0 Å². The van der Waals surface area contributed by atoms with Crippen LogP contribution in [0, 0.1) is 117 Å². The Kier molecular flexibility index (Phi) is 23.7. The van der Waals surface area contributed by atoms with Crippen molar-refractivity contribution in [1.29, 1.82) is 0 Å². The molecule has 8 heteroatoms. The molecule has 0 N–H and O–H groups in total. The number of hydrogen-bond acceptors (Lipinski definition) is 7. The Hall–Kier alpha value is -5.11. The molecule has 0 atom stereocenters. The molecule has 0 aliphatic rings. The summed E-state index contributed by atoms with van der Waals surface area (Å²) < 4.78 is 48.7. The van der Waals surface area contributed by atoms with Crippen molar-refractivity contribution in [2.45, 2.75) is 190 Å². The quantitative estimate of drug-likeness (QED) is 0.174. The Morgan fingerprint density at radius 1 is 0.281 bits per heavy atom. The zero-order valence-corrected chi connectivity index (χ0v) is 44.1. The number of aryl methyl sites for hydroxylation is 9. The number of halogens is 1. The van der Waals surface area contributed by atoms with Crippen LogP contribution < -0.4 is 0 Å². The van der Waals surface area contributed by atoms with Crippen molar-refractivity contribution in [1.82, 2.24) is 0 Å². The van der Waals surface area contributed by atoms with Crippen LogP contribution in [0.25, 0.3) is 0 Å². The first-order valence-electron chi connectivity index (χ1n) is 22.6. The van der Waals surface area contributed by atoms with E-state index in [1.807, 2.05) is 88.0 Å². The third kappa shape index (κ3) is 17.1. The minimum atomic E-state index is -0.247. The molecular formula is C56H83FO7. The van der Waals surface area contributed by atoms with Gasteiger partial charge in [-0.1, -0.05) is 55.4 Å². The summed E-state index contributed by atoms with van der Waals surface area (Å²) in [7, 11) is 0. The van der Waals surface area contributed by atoms with Gasteiger partial charge in [0.1, 0.15) is 46.6 Å². The van der Waals surface area contributed by atoms with Gasteiger partial charge < -0.3 is 30.9 Å². The van der Waals surface area contributed by atoms with Crippen LogP contribution in [0.3, 0.4) is 0 Å². The van der Waals surface area contributed by atoms with Gasteiger partial charge in [0.2, 0.25) is 0 Å². The normalized spacial score (nSPS) is 10.5. The molecule has 0 fully saturated rings. The third-order valence-corrected chi connectivity index (χ3v) is 11.9. The van der Waals surface area contributed by atoms with E-state index in [9.17, 15) is 4.39 Å². The van der Waals surface area contributed by atoms with Gasteiger partial charge in [0.15, 0.2) is 5.82 Å². The van der Waals surface area contributed by atoms with E-state index in [4.69, 9.17) is 30.9 Å². The molecule has 0 aromatic carbocycles. The Balaban J connectivity index is 0.000000374. The van der Waals surface area contributed by atoms with Gasteiger partial charge in [-0.3, -0.25) is 0 Å². The highest BCUT2D eigenvalue weighted by Crippen LogP contribution is 2.25. The molecule has 0 saturated heterocycles. The Morgan fingerprint density at radius 2 is 0.531 bits per heavy atom. The van der Waals surface area contributed by atoms with Gasteiger partial charge in [-0.05, 0) is 189 Å². The van der Waals surface area contributed by atoms with Crippen LogP contribution in [0.4, 0.5) is 4.39 Å². The second-order valence-corrected chi connectivity index (χ2v) is 18.1. The standard InChI is InChI=1S/3C9H14O.C8H11FO.3C7H10O/c2*1-6(2)9-5-10-8(4)7(9)3;1-6(2)9-8(4)7(3)5-10-9;1-5(2)8-6(3)7(9)4-10-8;3*1-5-4-8-7(3)6(5)2/h3*5-6H,1-4H3;4-5H,1-3H3;3*4H,1-3H3. The summed E-state index contributed by atoms with van der Waals surface area (Å²) in [5, 5.41) is 0. The zero-order chi connectivity index (χ0) is 49.3. The SMILES string of the molecule is Cc1c(F)coc1C(C)C.Cc1coc(C(C)C)c1C.Cc1coc(C)c1C.Cc1coc(C)c1C.Cc1coc(C)c1C.Cc1occ(C(C)C)c1C.Cc1occ(C(C)C)c1C. The highest BCUT2D eigenvalue weighted by atomic mass is 19.1. The minimum Gasteiger partial charge on any atom is -0.469 e. The van der Waals surface area contributed by atoms with E-state index in [0.717, 1.165) is 46.6 Å².